The molecule has 0 saturated heterocycles. The maximum atomic E-state index is 8.57. The Kier molecular flexibility index (Phi) is 21.4. The monoisotopic (exact) mass is 269 g/mol. The van der Waals surface area contributed by atoms with E-state index in [1.54, 1.807) is 0 Å². The maximum absolute atomic E-state index is 8.57. The summed E-state index contributed by atoms with van der Waals surface area (Å²) in [5, 5.41) is 0. The molecule has 0 atom stereocenters. The van der Waals surface area contributed by atoms with Crippen LogP contribution in [0.5, 0.6) is 0 Å². The van der Waals surface area contributed by atoms with Gasteiger partial charge in [0.25, 0.3) is 21.1 Å². The van der Waals surface area contributed by atoms with Crippen LogP contribution in [-0.4, -0.2) is 21.1 Å². The van der Waals surface area contributed by atoms with Crippen LogP contribution in [0.4, 0.5) is 0 Å². The summed E-state index contributed by atoms with van der Waals surface area (Å²) in [6.07, 6.45) is 0. The Hall–Kier alpha value is 0.920. The molecule has 6 heteroatoms. The normalized spacial score (nSPS) is 8.00. The fourth-order valence-corrected chi connectivity index (χ4v) is 0. The molecule has 60 valence electrons. The second kappa shape index (κ2) is 11.7. The quantitative estimate of drug-likeness (QED) is 0.444. The summed E-state index contributed by atoms with van der Waals surface area (Å²) < 4.78 is 25.7. The molecule has 0 heterocycles. The van der Waals surface area contributed by atoms with Crippen LogP contribution in [0.2, 0.25) is 0 Å². The Bertz CT molecular complexity index is 34.5. The van der Waals surface area contributed by atoms with E-state index in [0.29, 0.717) is 0 Å². The third kappa shape index (κ3) is 505. The molecular weight excluding hydrogens is 257 g/mol. The lowest BCUT2D eigenvalue weighted by atomic mass is 11.0. The second-order valence-electron chi connectivity index (χ2n) is 1.69. The van der Waals surface area contributed by atoms with Gasteiger partial charge in [-0.2, -0.15) is 13.5 Å². The highest BCUT2D eigenvalue weighted by Crippen LogP contribution is 0.864. The number of nitrogens with one attached hydrogen (secondary N) is 1. The zero-order chi connectivity index (χ0) is 7.15. The van der Waals surface area contributed by atoms with Crippen LogP contribution in [0.1, 0.15) is 0 Å². The van der Waals surface area contributed by atoms with Crippen LogP contribution < -0.4 is 36.3 Å². The third-order valence-corrected chi connectivity index (χ3v) is 0. The molecule has 0 bridgehead atoms. The van der Waals surface area contributed by atoms with E-state index < -0.39 is 21.1 Å². The standard InChI is InChI=1S/C3H9N.IO3.H2S/c1-4(2)3;2-1(3)4;/h1-3H3;;1H2/q;-1;/p+1. The molecule has 0 aromatic carbocycles. The van der Waals surface area contributed by atoms with Crippen LogP contribution in [0, 0.1) is 0 Å². The fourth-order valence-electron chi connectivity index (χ4n) is 0. The minimum atomic E-state index is -4.01. The first kappa shape index (κ1) is 16.5. The molecule has 0 amide bonds. The molecule has 0 rings (SSSR count). The predicted octanol–water partition coefficient (Wildman–Crippen LogP) is -7.69. The molecule has 0 aliphatic rings. The van der Waals surface area contributed by atoms with Gasteiger partial charge in [-0.05, 0) is 0 Å². The van der Waals surface area contributed by atoms with Gasteiger partial charge in [0.1, 0.15) is 0 Å². The van der Waals surface area contributed by atoms with Crippen molar-refractivity contribution in [3.63, 3.8) is 0 Å². The van der Waals surface area contributed by atoms with E-state index in [0.717, 1.165) is 0 Å². The zero-order valence-corrected chi connectivity index (χ0v) is 8.76. The SMILES string of the molecule is C[NH+](C)C.S.[O-][I+2]([O-])[O-]. The molecule has 0 aromatic rings. The van der Waals surface area contributed by atoms with Crippen LogP contribution in [0.3, 0.4) is 0 Å². The molecule has 9 heavy (non-hydrogen) atoms. The van der Waals surface area contributed by atoms with E-state index in [-0.39, 0.29) is 13.5 Å². The Morgan fingerprint density at radius 1 is 1.00 bits per heavy atom. The largest absolute Gasteiger partial charge is 0.427 e. The van der Waals surface area contributed by atoms with Crippen molar-refractivity contribution in [2.24, 2.45) is 0 Å². The smallest absolute Gasteiger partial charge is 0.282 e. The zero-order valence-electron chi connectivity index (χ0n) is 5.60. The van der Waals surface area contributed by atoms with Crippen molar-refractivity contribution in [1.29, 1.82) is 0 Å². The van der Waals surface area contributed by atoms with Gasteiger partial charge in [-0.1, -0.05) is 0 Å². The predicted molar refractivity (Wildman–Crippen MR) is 29.1 cm³/mol. The lowest BCUT2D eigenvalue weighted by Crippen LogP contribution is -4.05. The number of quaternary nitrogens is 1. The van der Waals surface area contributed by atoms with Gasteiger partial charge >= 0.3 is 0 Å². The summed E-state index contributed by atoms with van der Waals surface area (Å²) in [6, 6.07) is 0. The maximum Gasteiger partial charge on any atom is 0.282 e. The van der Waals surface area contributed by atoms with Crippen molar-refractivity contribution in [3.05, 3.63) is 0 Å². The minimum absolute atomic E-state index is 0. The van der Waals surface area contributed by atoms with Gasteiger partial charge in [-0.25, -0.2) is 0 Å². The first-order valence-electron chi connectivity index (χ1n) is 1.96. The summed E-state index contributed by atoms with van der Waals surface area (Å²) in [7, 11) is 6.25. The number of halogens is 1. The number of hydrogen-bond donors (Lipinski definition) is 1. The molecule has 0 saturated carbocycles. The van der Waals surface area contributed by atoms with E-state index in [1.165, 1.54) is 4.90 Å². The fraction of sp³-hybridized carbons (Fsp3) is 1.00. The summed E-state index contributed by atoms with van der Waals surface area (Å²) in [5.41, 5.74) is 0. The van der Waals surface area contributed by atoms with Crippen LogP contribution in [-0.2, 0) is 0 Å². The number of hydrogen-bond acceptors (Lipinski definition) is 3. The lowest BCUT2D eigenvalue weighted by molar-refractivity contribution is -1.73. The highest BCUT2D eigenvalue weighted by molar-refractivity contribution is 7.59. The van der Waals surface area contributed by atoms with Crippen LogP contribution in [0.25, 0.3) is 0 Å². The topological polar surface area (TPSA) is 73.6 Å². The van der Waals surface area contributed by atoms with Crippen molar-refractivity contribution in [3.8, 4) is 0 Å². The van der Waals surface area contributed by atoms with E-state index >= 15 is 0 Å². The van der Waals surface area contributed by atoms with Gasteiger partial charge in [0.15, 0.2) is 0 Å². The molecule has 0 unspecified atom stereocenters. The molecule has 0 aliphatic carbocycles. The molecule has 4 nitrogen and oxygen atoms in total. The number of rotatable bonds is 0. The molecule has 0 aliphatic heterocycles. The summed E-state index contributed by atoms with van der Waals surface area (Å²) in [5.74, 6) is 0. The average Bonchev–Trinajstić information content (AvgIpc) is 1.25. The van der Waals surface area contributed by atoms with Gasteiger partial charge < -0.3 is 15.2 Å². The van der Waals surface area contributed by atoms with Crippen LogP contribution >= 0.6 is 13.5 Å². The third-order valence-electron chi connectivity index (χ3n) is 0. The van der Waals surface area contributed by atoms with Crippen molar-refractivity contribution < 1.29 is 36.3 Å². The van der Waals surface area contributed by atoms with Crippen molar-refractivity contribution in [1.82, 2.24) is 0 Å². The molecule has 0 fully saturated rings. The Morgan fingerprint density at radius 2 is 1.00 bits per heavy atom. The highest BCUT2D eigenvalue weighted by Gasteiger charge is 1.70. The van der Waals surface area contributed by atoms with Gasteiger partial charge in [-0.15, -0.1) is 0 Å². The first-order chi connectivity index (χ1) is 3.46. The molecule has 0 radical (unpaired) electrons. The molecule has 0 aromatic heterocycles. The van der Waals surface area contributed by atoms with E-state index in [2.05, 4.69) is 21.1 Å². The first-order valence-corrected chi connectivity index (χ1v) is 4.61. The second-order valence-corrected chi connectivity index (χ2v) is 2.77. The average molecular weight is 269 g/mol. The van der Waals surface area contributed by atoms with Gasteiger partial charge in [0, 0.05) is 0 Å². The van der Waals surface area contributed by atoms with Crippen molar-refractivity contribution >= 4 is 13.5 Å². The van der Waals surface area contributed by atoms with Gasteiger partial charge in [-0.3, -0.25) is 0 Å². The molecule has 0 spiro atoms. The Morgan fingerprint density at radius 3 is 1.00 bits per heavy atom. The van der Waals surface area contributed by atoms with Crippen molar-refractivity contribution in [2.75, 3.05) is 21.1 Å². The van der Waals surface area contributed by atoms with E-state index in [9.17, 15) is 0 Å². The van der Waals surface area contributed by atoms with Crippen LogP contribution in [0.15, 0.2) is 0 Å². The minimum Gasteiger partial charge on any atom is -0.427 e. The summed E-state index contributed by atoms with van der Waals surface area (Å²) >= 11 is -4.01. The highest BCUT2D eigenvalue weighted by atomic mass is 127. The van der Waals surface area contributed by atoms with Gasteiger partial charge in [0.2, 0.25) is 0 Å². The Labute approximate surface area is 71.0 Å². The molecule has 1 N–H and O–H groups in total. The van der Waals surface area contributed by atoms with Crippen molar-refractivity contribution in [2.45, 2.75) is 0 Å². The summed E-state index contributed by atoms with van der Waals surface area (Å²) in [4.78, 5) is 1.42. The lowest BCUT2D eigenvalue weighted by Gasteiger charge is -1.88. The van der Waals surface area contributed by atoms with Gasteiger partial charge in [0.05, 0.1) is 21.1 Å². The molecular formula is C3H12INO3S. The van der Waals surface area contributed by atoms with E-state index in [4.69, 9.17) is 10.3 Å². The van der Waals surface area contributed by atoms with E-state index in [1.807, 2.05) is 0 Å². The summed E-state index contributed by atoms with van der Waals surface area (Å²) in [6.45, 7) is 0. The Balaban J connectivity index is -0.0000000720.